The van der Waals surface area contributed by atoms with Gasteiger partial charge in [0.2, 0.25) is 0 Å². The Morgan fingerprint density at radius 2 is 1.60 bits per heavy atom. The van der Waals surface area contributed by atoms with Crippen molar-refractivity contribution in [2.75, 3.05) is 0 Å². The number of rotatable bonds is 8. The summed E-state index contributed by atoms with van der Waals surface area (Å²) in [6.07, 6.45) is 2.85. The van der Waals surface area contributed by atoms with Gasteiger partial charge in [-0.1, -0.05) is 70.5 Å². The molecule has 30 heavy (non-hydrogen) atoms. The average molecular weight is 459 g/mol. The van der Waals surface area contributed by atoms with Crippen LogP contribution in [0.1, 0.15) is 39.9 Å². The van der Waals surface area contributed by atoms with Gasteiger partial charge >= 0.3 is 0 Å². The van der Waals surface area contributed by atoms with Gasteiger partial charge in [0.25, 0.3) is 0 Å². The first-order valence-corrected chi connectivity index (χ1v) is 11.0. The average Bonchev–Trinajstić information content (AvgIpc) is 3.61. The van der Waals surface area contributed by atoms with Crippen LogP contribution in [0.2, 0.25) is 0 Å². The highest BCUT2D eigenvalue weighted by Crippen LogP contribution is 2.30. The van der Waals surface area contributed by atoms with E-state index >= 15 is 0 Å². The predicted molar refractivity (Wildman–Crippen MR) is 124 cm³/mol. The van der Waals surface area contributed by atoms with Gasteiger partial charge in [-0.05, 0) is 47.7 Å². The van der Waals surface area contributed by atoms with Gasteiger partial charge in [-0.25, -0.2) is 4.85 Å². The van der Waals surface area contributed by atoms with E-state index in [1.807, 2.05) is 30.3 Å². The van der Waals surface area contributed by atoms with E-state index in [1.165, 1.54) is 24.0 Å². The topological polar surface area (TPSA) is 24.7 Å². The molecule has 3 nitrogen and oxygen atoms in total. The van der Waals surface area contributed by atoms with Crippen molar-refractivity contribution in [3.8, 4) is 0 Å². The second-order valence-electron chi connectivity index (χ2n) is 7.84. The minimum Gasteiger partial charge on any atom is -0.294 e. The van der Waals surface area contributed by atoms with Crippen molar-refractivity contribution in [1.82, 2.24) is 4.90 Å². The quantitative estimate of drug-likeness (QED) is 0.280. The number of carbonyl (C=O) groups is 1. The number of Topliss-reactive ketones (excluding diaryl/α,β-unsaturated/α-hetero) is 1. The summed E-state index contributed by atoms with van der Waals surface area (Å²) in [4.78, 5) is 18.7. The van der Waals surface area contributed by atoms with Crippen molar-refractivity contribution in [2.24, 2.45) is 0 Å². The fraction of sp³-hybridized carbons (Fsp3) is 0.231. The van der Waals surface area contributed by atoms with Crippen molar-refractivity contribution in [3.63, 3.8) is 0 Å². The van der Waals surface area contributed by atoms with Gasteiger partial charge in [-0.15, -0.1) is 0 Å². The highest BCUT2D eigenvalue weighted by atomic mass is 79.9. The van der Waals surface area contributed by atoms with Crippen molar-refractivity contribution >= 4 is 27.4 Å². The van der Waals surface area contributed by atoms with E-state index in [1.54, 1.807) is 12.1 Å². The third-order valence-corrected chi connectivity index (χ3v) is 5.96. The minimum atomic E-state index is 0.110. The van der Waals surface area contributed by atoms with Crippen LogP contribution >= 0.6 is 15.9 Å². The van der Waals surface area contributed by atoms with E-state index in [4.69, 9.17) is 6.57 Å². The Balaban J connectivity index is 1.44. The Morgan fingerprint density at radius 1 is 0.933 bits per heavy atom. The molecular weight excluding hydrogens is 436 g/mol. The molecule has 0 spiro atoms. The molecule has 4 heteroatoms. The smallest absolute Gasteiger partial charge is 0.187 e. The second-order valence-corrected chi connectivity index (χ2v) is 8.76. The zero-order chi connectivity index (χ0) is 20.9. The number of nitrogens with zero attached hydrogens (tertiary/aromatic N) is 2. The van der Waals surface area contributed by atoms with E-state index in [2.05, 4.69) is 56.0 Å². The fourth-order valence-corrected chi connectivity index (χ4v) is 3.90. The molecule has 0 aliphatic heterocycles. The number of hydrogen-bond acceptors (Lipinski definition) is 2. The molecule has 1 aliphatic carbocycles. The summed E-state index contributed by atoms with van der Waals surface area (Å²) in [6.45, 7) is 8.81. The lowest BCUT2D eigenvalue weighted by atomic mass is 10.0. The molecule has 0 amide bonds. The number of ketones is 1. The first-order chi connectivity index (χ1) is 14.6. The van der Waals surface area contributed by atoms with Crippen molar-refractivity contribution in [2.45, 2.75) is 38.4 Å². The SMILES string of the molecule is [C-]#[N+]c1ccc(CC(=O)c2cccc(CN(Cc3ccc(Br)cc3)C3CC3)c2)cc1. The largest absolute Gasteiger partial charge is 0.294 e. The van der Waals surface area contributed by atoms with E-state index < -0.39 is 0 Å². The summed E-state index contributed by atoms with van der Waals surface area (Å²) in [7, 11) is 0. The molecule has 150 valence electrons. The fourth-order valence-electron chi connectivity index (χ4n) is 3.63. The standard InChI is InChI=1S/C26H23BrN2O/c1-28-24-11-7-19(8-12-24)16-26(30)22-4-2-3-21(15-22)18-29(25-13-14-25)17-20-5-9-23(27)10-6-20/h2-12,15,25H,13-14,16-18H2. The molecule has 0 heterocycles. The Morgan fingerprint density at radius 3 is 2.27 bits per heavy atom. The highest BCUT2D eigenvalue weighted by molar-refractivity contribution is 9.10. The Kier molecular flexibility index (Phi) is 6.42. The monoisotopic (exact) mass is 458 g/mol. The van der Waals surface area contributed by atoms with Crippen molar-refractivity contribution in [3.05, 3.63) is 111 Å². The van der Waals surface area contributed by atoms with Crippen LogP contribution in [-0.2, 0) is 19.5 Å². The van der Waals surface area contributed by atoms with Gasteiger partial charge in [0, 0.05) is 35.6 Å². The number of halogens is 1. The van der Waals surface area contributed by atoms with Crippen LogP contribution in [0.5, 0.6) is 0 Å². The Hall–Kier alpha value is -2.74. The Labute approximate surface area is 186 Å². The van der Waals surface area contributed by atoms with Crippen LogP contribution in [0.15, 0.2) is 77.3 Å². The molecular formula is C26H23BrN2O. The van der Waals surface area contributed by atoms with Gasteiger partial charge in [-0.3, -0.25) is 9.69 Å². The molecule has 0 saturated heterocycles. The zero-order valence-electron chi connectivity index (χ0n) is 16.7. The van der Waals surface area contributed by atoms with Crippen LogP contribution in [0.25, 0.3) is 4.85 Å². The summed E-state index contributed by atoms with van der Waals surface area (Å²) < 4.78 is 1.10. The molecule has 0 radical (unpaired) electrons. The number of carbonyl (C=O) groups excluding carboxylic acids is 1. The van der Waals surface area contributed by atoms with E-state index in [-0.39, 0.29) is 5.78 Å². The highest BCUT2D eigenvalue weighted by Gasteiger charge is 2.29. The third kappa shape index (κ3) is 5.44. The molecule has 1 fully saturated rings. The maximum absolute atomic E-state index is 12.8. The van der Waals surface area contributed by atoms with Gasteiger partial charge in [0.1, 0.15) is 0 Å². The molecule has 0 aromatic heterocycles. The number of benzene rings is 3. The maximum atomic E-state index is 12.8. The molecule has 0 unspecified atom stereocenters. The predicted octanol–water partition coefficient (Wildman–Crippen LogP) is 6.59. The molecule has 3 aromatic carbocycles. The van der Waals surface area contributed by atoms with Crippen molar-refractivity contribution in [1.29, 1.82) is 0 Å². The van der Waals surface area contributed by atoms with Gasteiger partial charge in [0.05, 0.1) is 6.57 Å². The normalized spacial score (nSPS) is 13.2. The molecule has 3 aromatic rings. The van der Waals surface area contributed by atoms with Crippen LogP contribution in [0.4, 0.5) is 5.69 Å². The summed E-state index contributed by atoms with van der Waals surface area (Å²) in [5.41, 5.74) is 4.77. The molecule has 0 atom stereocenters. The van der Waals surface area contributed by atoms with Gasteiger partial charge in [0.15, 0.2) is 11.5 Å². The molecule has 1 aliphatic rings. The lowest BCUT2D eigenvalue weighted by Gasteiger charge is -2.22. The molecule has 1 saturated carbocycles. The Bertz CT molecular complexity index is 1060. The van der Waals surface area contributed by atoms with Crippen LogP contribution < -0.4 is 0 Å². The van der Waals surface area contributed by atoms with E-state index in [9.17, 15) is 4.79 Å². The molecule has 0 bridgehead atoms. The zero-order valence-corrected chi connectivity index (χ0v) is 18.3. The van der Waals surface area contributed by atoms with E-state index in [0.717, 1.165) is 28.7 Å². The van der Waals surface area contributed by atoms with E-state index in [0.29, 0.717) is 18.2 Å². The van der Waals surface area contributed by atoms with Crippen LogP contribution in [-0.4, -0.2) is 16.7 Å². The number of hydrogen-bond donors (Lipinski definition) is 0. The minimum absolute atomic E-state index is 0.110. The van der Waals surface area contributed by atoms with Crippen LogP contribution in [0.3, 0.4) is 0 Å². The molecule has 0 N–H and O–H groups in total. The van der Waals surface area contributed by atoms with Crippen LogP contribution in [0, 0.1) is 6.57 Å². The first-order valence-electron chi connectivity index (χ1n) is 10.2. The first kappa shape index (κ1) is 20.5. The lowest BCUT2D eigenvalue weighted by molar-refractivity contribution is 0.0992. The molecule has 4 rings (SSSR count). The summed E-state index contributed by atoms with van der Waals surface area (Å²) in [5.74, 6) is 0.110. The maximum Gasteiger partial charge on any atom is 0.187 e. The van der Waals surface area contributed by atoms with Gasteiger partial charge in [-0.2, -0.15) is 0 Å². The summed E-state index contributed by atoms with van der Waals surface area (Å²) >= 11 is 3.50. The summed E-state index contributed by atoms with van der Waals surface area (Å²) in [6, 6.07) is 24.4. The lowest BCUT2D eigenvalue weighted by Crippen LogP contribution is -2.25. The third-order valence-electron chi connectivity index (χ3n) is 5.43. The second kappa shape index (κ2) is 9.38. The van der Waals surface area contributed by atoms with Crippen molar-refractivity contribution < 1.29 is 4.79 Å². The van der Waals surface area contributed by atoms with Gasteiger partial charge < -0.3 is 0 Å². The summed E-state index contributed by atoms with van der Waals surface area (Å²) in [5, 5.41) is 0.